The van der Waals surface area contributed by atoms with Crippen LogP contribution in [0.5, 0.6) is 5.75 Å². The quantitative estimate of drug-likeness (QED) is 0.690. The summed E-state index contributed by atoms with van der Waals surface area (Å²) < 4.78 is 18.1. The van der Waals surface area contributed by atoms with Crippen molar-refractivity contribution < 1.29 is 13.9 Å². The minimum atomic E-state index is -0.571. The van der Waals surface area contributed by atoms with Crippen molar-refractivity contribution in [3.63, 3.8) is 0 Å². The van der Waals surface area contributed by atoms with Crippen LogP contribution in [0.3, 0.4) is 0 Å². The lowest BCUT2D eigenvalue weighted by Crippen LogP contribution is -1.98. The molecule has 0 unspecified atom stereocenters. The highest BCUT2D eigenvalue weighted by Gasteiger charge is 2.12. The van der Waals surface area contributed by atoms with E-state index in [9.17, 15) is 14.3 Å². The smallest absolute Gasteiger partial charge is 0.336 e. The summed E-state index contributed by atoms with van der Waals surface area (Å²) >= 11 is 6.03. The molecule has 1 N–H and O–H groups in total. The highest BCUT2D eigenvalue weighted by atomic mass is 35.5. The Bertz CT molecular complexity index is 871. The zero-order valence-corrected chi connectivity index (χ0v) is 10.8. The van der Waals surface area contributed by atoms with Crippen molar-refractivity contribution in [1.29, 1.82) is 0 Å². The predicted molar refractivity (Wildman–Crippen MR) is 74.6 cm³/mol. The summed E-state index contributed by atoms with van der Waals surface area (Å²) in [6.07, 6.45) is 0. The molecule has 0 fully saturated rings. The van der Waals surface area contributed by atoms with Crippen LogP contribution in [-0.2, 0) is 0 Å². The largest absolute Gasteiger partial charge is 0.508 e. The van der Waals surface area contributed by atoms with Gasteiger partial charge in [0.1, 0.15) is 17.1 Å². The van der Waals surface area contributed by atoms with Crippen molar-refractivity contribution in [2.75, 3.05) is 0 Å². The summed E-state index contributed by atoms with van der Waals surface area (Å²) in [4.78, 5) is 11.6. The van der Waals surface area contributed by atoms with E-state index in [1.165, 1.54) is 36.4 Å². The van der Waals surface area contributed by atoms with Crippen molar-refractivity contribution in [3.05, 3.63) is 63.7 Å². The third-order valence-corrected chi connectivity index (χ3v) is 3.26. The fourth-order valence-electron chi connectivity index (χ4n) is 2.08. The van der Waals surface area contributed by atoms with E-state index in [1.54, 1.807) is 6.07 Å². The zero-order chi connectivity index (χ0) is 14.3. The first-order valence-corrected chi connectivity index (χ1v) is 6.15. The zero-order valence-electron chi connectivity index (χ0n) is 10.1. The number of phenols is 1. The molecular weight excluding hydrogens is 283 g/mol. The molecule has 0 saturated heterocycles. The Kier molecular flexibility index (Phi) is 2.95. The van der Waals surface area contributed by atoms with E-state index in [2.05, 4.69) is 0 Å². The van der Waals surface area contributed by atoms with Gasteiger partial charge in [-0.25, -0.2) is 9.18 Å². The molecule has 1 aromatic heterocycles. The van der Waals surface area contributed by atoms with E-state index in [0.29, 0.717) is 16.5 Å². The van der Waals surface area contributed by atoms with Gasteiger partial charge < -0.3 is 9.52 Å². The molecule has 3 aromatic rings. The van der Waals surface area contributed by atoms with Crippen LogP contribution in [-0.4, -0.2) is 5.11 Å². The van der Waals surface area contributed by atoms with Crippen LogP contribution in [0, 0.1) is 5.82 Å². The summed E-state index contributed by atoms with van der Waals surface area (Å²) in [6.45, 7) is 0. The van der Waals surface area contributed by atoms with E-state index < -0.39 is 11.4 Å². The van der Waals surface area contributed by atoms with Crippen molar-refractivity contribution in [1.82, 2.24) is 0 Å². The molecule has 0 aliphatic heterocycles. The third kappa shape index (κ3) is 2.14. The molecule has 3 rings (SSSR count). The fourth-order valence-corrected chi connectivity index (χ4v) is 2.35. The van der Waals surface area contributed by atoms with Crippen LogP contribution in [0.4, 0.5) is 4.39 Å². The Morgan fingerprint density at radius 1 is 1.05 bits per heavy atom. The molecule has 2 aromatic carbocycles. The van der Waals surface area contributed by atoms with Gasteiger partial charge >= 0.3 is 5.63 Å². The lowest BCUT2D eigenvalue weighted by Gasteiger charge is -2.08. The van der Waals surface area contributed by atoms with Gasteiger partial charge in [0.15, 0.2) is 0 Å². The van der Waals surface area contributed by atoms with Gasteiger partial charge in [-0.3, -0.25) is 0 Å². The highest BCUT2D eigenvalue weighted by Crippen LogP contribution is 2.33. The lowest BCUT2D eigenvalue weighted by molar-refractivity contribution is 0.473. The Hall–Kier alpha value is -2.33. The molecule has 5 heteroatoms. The molecule has 0 atom stereocenters. The number of phenolic OH excluding ortho intramolecular Hbond substituents is 1. The van der Waals surface area contributed by atoms with Crippen molar-refractivity contribution in [2.45, 2.75) is 0 Å². The van der Waals surface area contributed by atoms with Crippen LogP contribution in [0.1, 0.15) is 0 Å². The molecule has 0 amide bonds. The topological polar surface area (TPSA) is 50.4 Å². The van der Waals surface area contributed by atoms with Crippen LogP contribution < -0.4 is 5.63 Å². The first-order chi connectivity index (χ1) is 9.54. The lowest BCUT2D eigenvalue weighted by atomic mass is 10.0. The molecule has 0 saturated carbocycles. The fraction of sp³-hybridized carbons (Fsp3) is 0. The summed E-state index contributed by atoms with van der Waals surface area (Å²) in [5.74, 6) is -0.466. The molecule has 20 heavy (non-hydrogen) atoms. The van der Waals surface area contributed by atoms with E-state index >= 15 is 0 Å². The van der Waals surface area contributed by atoms with Crippen molar-refractivity contribution >= 4 is 22.6 Å². The highest BCUT2D eigenvalue weighted by molar-refractivity contribution is 6.33. The van der Waals surface area contributed by atoms with Gasteiger partial charge in [0.25, 0.3) is 0 Å². The number of halogens is 2. The summed E-state index contributed by atoms with van der Waals surface area (Å²) in [7, 11) is 0. The van der Waals surface area contributed by atoms with Gasteiger partial charge in [-0.15, -0.1) is 0 Å². The number of hydrogen-bond donors (Lipinski definition) is 1. The maximum Gasteiger partial charge on any atom is 0.336 e. The Labute approximate surface area is 117 Å². The molecular formula is C15H8ClFO3. The van der Waals surface area contributed by atoms with E-state index in [-0.39, 0.29) is 16.4 Å². The average molecular weight is 291 g/mol. The summed E-state index contributed by atoms with van der Waals surface area (Å²) in [5, 5.41) is 10.2. The van der Waals surface area contributed by atoms with Gasteiger partial charge in [0.2, 0.25) is 0 Å². The minimum Gasteiger partial charge on any atom is -0.508 e. The third-order valence-electron chi connectivity index (χ3n) is 2.95. The van der Waals surface area contributed by atoms with Crippen LogP contribution in [0.25, 0.3) is 22.1 Å². The molecule has 100 valence electrons. The number of benzene rings is 2. The van der Waals surface area contributed by atoms with Crippen LogP contribution in [0.15, 0.2) is 51.7 Å². The van der Waals surface area contributed by atoms with Crippen LogP contribution in [0.2, 0.25) is 5.02 Å². The number of rotatable bonds is 1. The van der Waals surface area contributed by atoms with Gasteiger partial charge in [-0.05, 0) is 30.3 Å². The number of aromatic hydroxyl groups is 1. The molecule has 0 aliphatic rings. The summed E-state index contributed by atoms with van der Waals surface area (Å²) in [6, 6.07) is 9.67. The molecule has 0 radical (unpaired) electrons. The summed E-state index contributed by atoms with van der Waals surface area (Å²) in [5.41, 5.74) is 0.726. The molecule has 0 bridgehead atoms. The van der Waals surface area contributed by atoms with E-state index in [1.807, 2.05) is 0 Å². The SMILES string of the molecule is O=c1cc(-c2ccc(F)cc2Cl)c2ccc(O)cc2o1. The van der Waals surface area contributed by atoms with Crippen molar-refractivity contribution in [2.24, 2.45) is 0 Å². The number of hydrogen-bond acceptors (Lipinski definition) is 3. The van der Waals surface area contributed by atoms with E-state index in [4.69, 9.17) is 16.0 Å². The Morgan fingerprint density at radius 2 is 1.85 bits per heavy atom. The normalized spacial score (nSPS) is 10.9. The van der Waals surface area contributed by atoms with Gasteiger partial charge in [-0.1, -0.05) is 11.6 Å². The first kappa shape index (κ1) is 12.7. The molecule has 0 aliphatic carbocycles. The van der Waals surface area contributed by atoms with Crippen LogP contribution >= 0.6 is 11.6 Å². The van der Waals surface area contributed by atoms with Gasteiger partial charge in [0, 0.05) is 28.6 Å². The molecule has 3 nitrogen and oxygen atoms in total. The first-order valence-electron chi connectivity index (χ1n) is 5.77. The standard InChI is InChI=1S/C15H8ClFO3/c16-13-5-8(17)1-3-10(13)12-7-15(19)20-14-6-9(18)2-4-11(12)14/h1-7,18H. The maximum atomic E-state index is 13.1. The minimum absolute atomic E-state index is 0.0111. The monoisotopic (exact) mass is 290 g/mol. The second-order valence-electron chi connectivity index (χ2n) is 4.28. The van der Waals surface area contributed by atoms with Crippen molar-refractivity contribution in [3.8, 4) is 16.9 Å². The average Bonchev–Trinajstić information content (AvgIpc) is 2.37. The van der Waals surface area contributed by atoms with E-state index in [0.717, 1.165) is 0 Å². The predicted octanol–water partition coefficient (Wildman–Crippen LogP) is 3.96. The second-order valence-corrected chi connectivity index (χ2v) is 4.69. The molecule has 1 heterocycles. The maximum absolute atomic E-state index is 13.1. The molecule has 0 spiro atoms. The Balaban J connectivity index is 2.38. The second kappa shape index (κ2) is 4.65. The number of fused-ring (bicyclic) bond motifs is 1. The van der Waals surface area contributed by atoms with Gasteiger partial charge in [-0.2, -0.15) is 0 Å². The Morgan fingerprint density at radius 3 is 2.60 bits per heavy atom. The van der Waals surface area contributed by atoms with Gasteiger partial charge in [0.05, 0.1) is 5.02 Å².